The van der Waals surface area contributed by atoms with Crippen LogP contribution in [0.15, 0.2) is 24.3 Å². The number of nitrogens with one attached hydrogen (secondary N) is 1. The third kappa shape index (κ3) is 4.88. The molecule has 0 aliphatic rings. The second-order valence-corrected chi connectivity index (χ2v) is 5.17. The van der Waals surface area contributed by atoms with Crippen molar-refractivity contribution in [1.82, 2.24) is 5.32 Å². The van der Waals surface area contributed by atoms with Gasteiger partial charge in [0, 0.05) is 13.0 Å². The van der Waals surface area contributed by atoms with Crippen molar-refractivity contribution in [2.45, 2.75) is 39.7 Å². The number of carbonyl (C=O) groups is 1. The fraction of sp³-hybridized carbons (Fsp3) is 0.533. The summed E-state index contributed by atoms with van der Waals surface area (Å²) in [4.78, 5) is 11.4. The highest BCUT2D eigenvalue weighted by molar-refractivity contribution is 5.76. The van der Waals surface area contributed by atoms with Gasteiger partial charge in [-0.25, -0.2) is 0 Å². The van der Waals surface area contributed by atoms with Gasteiger partial charge in [-0.05, 0) is 30.4 Å². The van der Waals surface area contributed by atoms with Gasteiger partial charge in [0.1, 0.15) is 0 Å². The van der Waals surface area contributed by atoms with E-state index < -0.39 is 0 Å². The maximum Gasteiger partial charge on any atom is 0.221 e. The van der Waals surface area contributed by atoms with Crippen LogP contribution in [0.1, 0.15) is 44.4 Å². The second-order valence-electron chi connectivity index (χ2n) is 5.17. The number of hydrogen-bond donors (Lipinski definition) is 2. The lowest BCUT2D eigenvalue weighted by Gasteiger charge is -2.15. The molecular formula is C15H24N2O. The lowest BCUT2D eigenvalue weighted by atomic mass is 10.00. The Hall–Kier alpha value is -1.35. The highest BCUT2D eigenvalue weighted by atomic mass is 16.1. The Kier molecular flexibility index (Phi) is 5.86. The number of amides is 1. The smallest absolute Gasteiger partial charge is 0.221 e. The summed E-state index contributed by atoms with van der Waals surface area (Å²) in [5.41, 5.74) is 7.82. The molecule has 1 aromatic carbocycles. The van der Waals surface area contributed by atoms with E-state index in [9.17, 15) is 4.79 Å². The van der Waals surface area contributed by atoms with E-state index >= 15 is 0 Å². The zero-order valence-electron chi connectivity index (χ0n) is 11.6. The van der Waals surface area contributed by atoms with Crippen LogP contribution in [0.4, 0.5) is 0 Å². The molecule has 18 heavy (non-hydrogen) atoms. The minimum absolute atomic E-state index is 0.0104. The maximum absolute atomic E-state index is 11.4. The van der Waals surface area contributed by atoms with Gasteiger partial charge in [-0.15, -0.1) is 0 Å². The Labute approximate surface area is 110 Å². The summed E-state index contributed by atoms with van der Waals surface area (Å²) >= 11 is 0. The molecule has 1 unspecified atom stereocenters. The van der Waals surface area contributed by atoms with Crippen LogP contribution < -0.4 is 11.1 Å². The number of benzene rings is 1. The molecular weight excluding hydrogens is 224 g/mol. The Bertz CT molecular complexity index is 371. The Morgan fingerprint density at radius 2 is 1.83 bits per heavy atom. The van der Waals surface area contributed by atoms with Crippen molar-refractivity contribution < 1.29 is 4.79 Å². The quantitative estimate of drug-likeness (QED) is 0.812. The summed E-state index contributed by atoms with van der Waals surface area (Å²) < 4.78 is 0. The fourth-order valence-corrected chi connectivity index (χ4v) is 1.94. The number of hydrogen-bond acceptors (Lipinski definition) is 2. The Morgan fingerprint density at radius 3 is 2.33 bits per heavy atom. The number of carbonyl (C=O) groups excluding carboxylic acids is 1. The molecule has 0 radical (unpaired) electrons. The minimum Gasteiger partial charge on any atom is -0.350 e. The molecule has 0 fully saturated rings. The van der Waals surface area contributed by atoms with E-state index in [-0.39, 0.29) is 11.9 Å². The van der Waals surface area contributed by atoms with E-state index in [0.717, 1.165) is 12.0 Å². The minimum atomic E-state index is 0.0104. The lowest BCUT2D eigenvalue weighted by Crippen LogP contribution is -2.28. The fourth-order valence-electron chi connectivity index (χ4n) is 1.94. The SMILES string of the molecule is CC(C)Cc1ccc(C(C)NC(=O)CCN)cc1. The molecule has 0 aromatic heterocycles. The molecule has 0 saturated carbocycles. The molecule has 0 heterocycles. The van der Waals surface area contributed by atoms with Gasteiger partial charge in [-0.1, -0.05) is 38.1 Å². The molecule has 0 aliphatic carbocycles. The summed E-state index contributed by atoms with van der Waals surface area (Å²) in [5.74, 6) is 0.675. The van der Waals surface area contributed by atoms with Crippen LogP contribution in [0.3, 0.4) is 0 Å². The molecule has 3 heteroatoms. The molecule has 1 amide bonds. The highest BCUT2D eigenvalue weighted by Crippen LogP contribution is 2.15. The van der Waals surface area contributed by atoms with Gasteiger partial charge in [0.05, 0.1) is 6.04 Å². The van der Waals surface area contributed by atoms with Crippen molar-refractivity contribution in [3.63, 3.8) is 0 Å². The van der Waals surface area contributed by atoms with E-state index in [2.05, 4.69) is 43.4 Å². The molecule has 0 bridgehead atoms. The molecule has 100 valence electrons. The van der Waals surface area contributed by atoms with Gasteiger partial charge in [0.2, 0.25) is 5.91 Å². The molecule has 1 atom stereocenters. The summed E-state index contributed by atoms with van der Waals surface area (Å²) in [6, 6.07) is 8.50. The van der Waals surface area contributed by atoms with E-state index in [1.807, 2.05) is 6.92 Å². The van der Waals surface area contributed by atoms with Crippen molar-refractivity contribution in [2.24, 2.45) is 11.7 Å². The maximum atomic E-state index is 11.4. The first-order chi connectivity index (χ1) is 8.52. The summed E-state index contributed by atoms with van der Waals surface area (Å²) in [6.45, 7) is 6.81. The highest BCUT2D eigenvalue weighted by Gasteiger charge is 2.08. The molecule has 3 N–H and O–H groups in total. The predicted octanol–water partition coefficient (Wildman–Crippen LogP) is 2.41. The molecule has 3 nitrogen and oxygen atoms in total. The van der Waals surface area contributed by atoms with Crippen LogP contribution in [-0.4, -0.2) is 12.5 Å². The predicted molar refractivity (Wildman–Crippen MR) is 75.2 cm³/mol. The van der Waals surface area contributed by atoms with Crippen LogP contribution in [-0.2, 0) is 11.2 Å². The van der Waals surface area contributed by atoms with Gasteiger partial charge in [-0.3, -0.25) is 4.79 Å². The van der Waals surface area contributed by atoms with Crippen molar-refractivity contribution in [3.05, 3.63) is 35.4 Å². The van der Waals surface area contributed by atoms with Crippen molar-refractivity contribution in [3.8, 4) is 0 Å². The monoisotopic (exact) mass is 248 g/mol. The zero-order chi connectivity index (χ0) is 13.5. The van der Waals surface area contributed by atoms with Gasteiger partial charge >= 0.3 is 0 Å². The van der Waals surface area contributed by atoms with Gasteiger partial charge in [0.25, 0.3) is 0 Å². The standard InChI is InChI=1S/C15H24N2O/c1-11(2)10-13-4-6-14(7-5-13)12(3)17-15(18)8-9-16/h4-7,11-12H,8-10,16H2,1-3H3,(H,17,18). The number of rotatable bonds is 6. The van der Waals surface area contributed by atoms with E-state index in [1.165, 1.54) is 5.56 Å². The molecule has 1 rings (SSSR count). The largest absolute Gasteiger partial charge is 0.350 e. The normalized spacial score (nSPS) is 12.5. The Morgan fingerprint density at radius 1 is 1.22 bits per heavy atom. The van der Waals surface area contributed by atoms with Crippen LogP contribution in [0, 0.1) is 5.92 Å². The molecule has 0 spiro atoms. The van der Waals surface area contributed by atoms with E-state index in [4.69, 9.17) is 5.73 Å². The van der Waals surface area contributed by atoms with Crippen molar-refractivity contribution in [1.29, 1.82) is 0 Å². The topological polar surface area (TPSA) is 55.1 Å². The first-order valence-electron chi connectivity index (χ1n) is 6.61. The van der Waals surface area contributed by atoms with Gasteiger partial charge in [0.15, 0.2) is 0 Å². The molecule has 0 saturated heterocycles. The van der Waals surface area contributed by atoms with Gasteiger partial charge < -0.3 is 11.1 Å². The second kappa shape index (κ2) is 7.17. The first-order valence-corrected chi connectivity index (χ1v) is 6.61. The summed E-state index contributed by atoms with van der Waals surface area (Å²) in [5, 5.41) is 2.94. The third-order valence-corrected chi connectivity index (χ3v) is 2.87. The molecule has 0 aliphatic heterocycles. The molecule has 1 aromatic rings. The average Bonchev–Trinajstić information content (AvgIpc) is 2.29. The van der Waals surface area contributed by atoms with Crippen molar-refractivity contribution in [2.75, 3.05) is 6.54 Å². The van der Waals surface area contributed by atoms with E-state index in [0.29, 0.717) is 18.9 Å². The summed E-state index contributed by atoms with van der Waals surface area (Å²) in [6.07, 6.45) is 1.48. The van der Waals surface area contributed by atoms with Crippen LogP contribution in [0.25, 0.3) is 0 Å². The third-order valence-electron chi connectivity index (χ3n) is 2.87. The van der Waals surface area contributed by atoms with E-state index in [1.54, 1.807) is 0 Å². The number of nitrogens with two attached hydrogens (primary N) is 1. The van der Waals surface area contributed by atoms with Crippen LogP contribution >= 0.6 is 0 Å². The van der Waals surface area contributed by atoms with Crippen LogP contribution in [0.2, 0.25) is 0 Å². The van der Waals surface area contributed by atoms with Gasteiger partial charge in [-0.2, -0.15) is 0 Å². The van der Waals surface area contributed by atoms with Crippen molar-refractivity contribution >= 4 is 5.91 Å². The van der Waals surface area contributed by atoms with Crippen LogP contribution in [0.5, 0.6) is 0 Å². The lowest BCUT2D eigenvalue weighted by molar-refractivity contribution is -0.121. The zero-order valence-corrected chi connectivity index (χ0v) is 11.6. The Balaban J connectivity index is 2.58. The average molecular weight is 248 g/mol. The summed E-state index contributed by atoms with van der Waals surface area (Å²) in [7, 11) is 0. The first kappa shape index (κ1) is 14.7.